The number of anilines is 1. The lowest BCUT2D eigenvalue weighted by molar-refractivity contribution is 0.122. The summed E-state index contributed by atoms with van der Waals surface area (Å²) in [5.41, 5.74) is 2.43. The van der Waals surface area contributed by atoms with Crippen LogP contribution in [0.2, 0.25) is 0 Å². The van der Waals surface area contributed by atoms with Gasteiger partial charge >= 0.3 is 0 Å². The van der Waals surface area contributed by atoms with Crippen LogP contribution in [0, 0.1) is 0 Å². The van der Waals surface area contributed by atoms with E-state index in [2.05, 4.69) is 4.90 Å². The van der Waals surface area contributed by atoms with Crippen molar-refractivity contribution in [2.24, 2.45) is 0 Å². The molecule has 1 saturated heterocycles. The number of ether oxygens (including phenoxy) is 1. The monoisotopic (exact) mass is 627 g/mol. The molecular weight excluding hydrogens is 599 g/mol. The Hall–Kier alpha value is -4.42. The van der Waals surface area contributed by atoms with Crippen molar-refractivity contribution in [1.82, 2.24) is 7.94 Å². The van der Waals surface area contributed by atoms with Crippen molar-refractivity contribution in [2.75, 3.05) is 31.2 Å². The molecule has 2 aromatic heterocycles. The summed E-state index contributed by atoms with van der Waals surface area (Å²) in [5, 5.41) is 13.0. The molecule has 1 unspecified atom stereocenters. The van der Waals surface area contributed by atoms with E-state index in [1.165, 1.54) is 38.4 Å². The van der Waals surface area contributed by atoms with E-state index in [9.17, 15) is 21.9 Å². The fourth-order valence-corrected chi connectivity index (χ4v) is 8.71. The summed E-state index contributed by atoms with van der Waals surface area (Å²) in [4.78, 5) is 2.44. The number of fused-ring (bicyclic) bond motifs is 2. The van der Waals surface area contributed by atoms with Crippen LogP contribution in [0.1, 0.15) is 17.4 Å². The molecule has 11 heteroatoms. The quantitative estimate of drug-likeness (QED) is 0.266. The van der Waals surface area contributed by atoms with Crippen LogP contribution in [0.5, 0.6) is 0 Å². The minimum absolute atomic E-state index is 0.0989. The van der Waals surface area contributed by atoms with Crippen molar-refractivity contribution in [3.63, 3.8) is 0 Å². The minimum atomic E-state index is -4.09. The van der Waals surface area contributed by atoms with Crippen LogP contribution in [0.4, 0.5) is 5.69 Å². The summed E-state index contributed by atoms with van der Waals surface area (Å²) in [5.74, 6) is 0. The summed E-state index contributed by atoms with van der Waals surface area (Å²) < 4.78 is 62.7. The standard InChI is InChI=1S/C33H29N3O6S2/c37-33(25-11-13-30-24(21-25)15-16-35(30)43(38,39)28-7-3-1-4-8-28)32-23-26-22-27(34-17-19-42-20-18-34)12-14-31(26)36(32)44(40,41)29-9-5-2-6-10-29/h1-16,21-23,33,37H,17-20H2. The average molecular weight is 628 g/mol. The van der Waals surface area contributed by atoms with Gasteiger partial charge in [0.25, 0.3) is 20.0 Å². The molecule has 0 spiro atoms. The minimum Gasteiger partial charge on any atom is -0.382 e. The van der Waals surface area contributed by atoms with E-state index in [1.54, 1.807) is 72.8 Å². The normalized spacial score (nSPS) is 15.2. The third-order valence-corrected chi connectivity index (χ3v) is 11.5. The second kappa shape index (κ2) is 10.9. The van der Waals surface area contributed by atoms with E-state index < -0.39 is 26.2 Å². The molecule has 1 atom stereocenters. The van der Waals surface area contributed by atoms with E-state index in [1.807, 2.05) is 12.1 Å². The Bertz CT molecular complexity index is 2200. The molecule has 224 valence electrons. The van der Waals surface area contributed by atoms with Crippen molar-refractivity contribution in [3.8, 4) is 0 Å². The van der Waals surface area contributed by atoms with Gasteiger partial charge in [-0.1, -0.05) is 42.5 Å². The lowest BCUT2D eigenvalue weighted by Gasteiger charge is -2.28. The van der Waals surface area contributed by atoms with Gasteiger partial charge in [-0.2, -0.15) is 0 Å². The van der Waals surface area contributed by atoms with Gasteiger partial charge in [0, 0.05) is 35.7 Å². The van der Waals surface area contributed by atoms with Gasteiger partial charge < -0.3 is 14.7 Å². The number of aliphatic hydroxyl groups excluding tert-OH is 1. The highest BCUT2D eigenvalue weighted by Crippen LogP contribution is 2.35. The molecule has 1 N–H and O–H groups in total. The topological polar surface area (TPSA) is 111 Å². The predicted octanol–water partition coefficient (Wildman–Crippen LogP) is 4.99. The summed E-state index contributed by atoms with van der Waals surface area (Å²) in [6.45, 7) is 2.68. The van der Waals surface area contributed by atoms with E-state index in [-0.39, 0.29) is 15.5 Å². The molecule has 0 radical (unpaired) electrons. The number of rotatable bonds is 7. The second-order valence-corrected chi connectivity index (χ2v) is 14.2. The maximum atomic E-state index is 14.1. The molecular formula is C33H29N3O6S2. The second-order valence-electron chi connectivity index (χ2n) is 10.6. The fraction of sp³-hybridized carbons (Fsp3) is 0.152. The van der Waals surface area contributed by atoms with Crippen LogP contribution in [0.3, 0.4) is 0 Å². The molecule has 1 aliphatic rings. The molecule has 0 aliphatic carbocycles. The molecule has 9 nitrogen and oxygen atoms in total. The summed E-state index contributed by atoms with van der Waals surface area (Å²) in [6, 6.07) is 30.2. The Kier molecular flexibility index (Phi) is 7.05. The van der Waals surface area contributed by atoms with Crippen LogP contribution < -0.4 is 4.90 Å². The molecule has 6 aromatic rings. The summed E-state index contributed by atoms with van der Waals surface area (Å²) in [6.07, 6.45) is 0.152. The maximum Gasteiger partial charge on any atom is 0.268 e. The first-order chi connectivity index (χ1) is 21.2. The van der Waals surface area contributed by atoms with Gasteiger partial charge in [0.05, 0.1) is 39.7 Å². The van der Waals surface area contributed by atoms with Crippen LogP contribution in [0.25, 0.3) is 21.8 Å². The maximum absolute atomic E-state index is 14.1. The highest BCUT2D eigenvalue weighted by atomic mass is 32.2. The van der Waals surface area contributed by atoms with Crippen LogP contribution in [-0.2, 0) is 24.8 Å². The van der Waals surface area contributed by atoms with Gasteiger partial charge in [0.15, 0.2) is 0 Å². The van der Waals surface area contributed by atoms with Gasteiger partial charge in [0.1, 0.15) is 6.10 Å². The molecule has 1 aliphatic heterocycles. The average Bonchev–Trinajstić information content (AvgIpc) is 3.68. The van der Waals surface area contributed by atoms with Gasteiger partial charge in [-0.25, -0.2) is 24.8 Å². The zero-order valence-electron chi connectivity index (χ0n) is 23.5. The van der Waals surface area contributed by atoms with Gasteiger partial charge in [-0.3, -0.25) is 0 Å². The number of aliphatic hydroxyl groups is 1. The molecule has 1 fully saturated rings. The molecule has 0 bridgehead atoms. The predicted molar refractivity (Wildman–Crippen MR) is 169 cm³/mol. The number of benzene rings is 4. The molecule has 44 heavy (non-hydrogen) atoms. The third-order valence-electron chi connectivity index (χ3n) is 8.00. The van der Waals surface area contributed by atoms with E-state index in [4.69, 9.17) is 4.74 Å². The van der Waals surface area contributed by atoms with Gasteiger partial charge in [-0.15, -0.1) is 0 Å². The number of hydrogen-bond acceptors (Lipinski definition) is 7. The first-order valence-corrected chi connectivity index (χ1v) is 17.0. The van der Waals surface area contributed by atoms with E-state index in [0.717, 1.165) is 18.8 Å². The molecule has 0 saturated carbocycles. The van der Waals surface area contributed by atoms with Crippen LogP contribution in [0.15, 0.2) is 125 Å². The molecule has 0 amide bonds. The lowest BCUT2D eigenvalue weighted by atomic mass is 10.0. The summed E-state index contributed by atoms with van der Waals surface area (Å²) >= 11 is 0. The van der Waals surface area contributed by atoms with Crippen molar-refractivity contribution < 1.29 is 26.7 Å². The van der Waals surface area contributed by atoms with Gasteiger partial charge in [0.2, 0.25) is 0 Å². The highest BCUT2D eigenvalue weighted by molar-refractivity contribution is 7.90. The Labute approximate surface area is 255 Å². The molecule has 3 heterocycles. The molecule has 7 rings (SSSR count). The zero-order chi connectivity index (χ0) is 30.5. The summed E-state index contributed by atoms with van der Waals surface area (Å²) in [7, 11) is -7.93. The number of morpholine rings is 1. The van der Waals surface area contributed by atoms with Crippen LogP contribution >= 0.6 is 0 Å². The zero-order valence-corrected chi connectivity index (χ0v) is 25.2. The third kappa shape index (κ3) is 4.78. The van der Waals surface area contributed by atoms with Crippen molar-refractivity contribution in [3.05, 3.63) is 127 Å². The highest BCUT2D eigenvalue weighted by Gasteiger charge is 2.28. The van der Waals surface area contributed by atoms with Crippen molar-refractivity contribution in [1.29, 1.82) is 0 Å². The van der Waals surface area contributed by atoms with Crippen molar-refractivity contribution >= 4 is 47.5 Å². The first kappa shape index (κ1) is 28.4. The Morgan fingerprint density at radius 3 is 1.98 bits per heavy atom. The Morgan fingerprint density at radius 2 is 1.30 bits per heavy atom. The Morgan fingerprint density at radius 1 is 0.659 bits per heavy atom. The number of nitrogens with zero attached hydrogens (tertiary/aromatic N) is 3. The van der Waals surface area contributed by atoms with Crippen LogP contribution in [-0.4, -0.2) is 56.2 Å². The fourth-order valence-electron chi connectivity index (χ4n) is 5.77. The Balaban J connectivity index is 1.34. The molecule has 4 aromatic carbocycles. The number of hydrogen-bond donors (Lipinski definition) is 1. The lowest BCUT2D eigenvalue weighted by Crippen LogP contribution is -2.36. The number of aromatic nitrogens is 2. The van der Waals surface area contributed by atoms with E-state index >= 15 is 0 Å². The van der Waals surface area contributed by atoms with Gasteiger partial charge in [-0.05, 0) is 72.3 Å². The largest absolute Gasteiger partial charge is 0.382 e. The van der Waals surface area contributed by atoms with Crippen molar-refractivity contribution in [2.45, 2.75) is 15.9 Å². The van der Waals surface area contributed by atoms with E-state index in [0.29, 0.717) is 40.6 Å². The smallest absolute Gasteiger partial charge is 0.268 e. The first-order valence-electron chi connectivity index (χ1n) is 14.1. The SMILES string of the molecule is O=S(=O)(c1ccccc1)n1ccc2cc(C(O)c3cc4cc(N5CCOCC5)ccc4n3S(=O)(=O)c3ccccc3)ccc21.